The third-order valence-corrected chi connectivity index (χ3v) is 8.29. The predicted molar refractivity (Wildman–Crippen MR) is 133 cm³/mol. The number of rotatable bonds is 6. The molecule has 6 rings (SSSR count). The smallest absolute Gasteiger partial charge is 0.145 e. The van der Waals surface area contributed by atoms with E-state index in [1.54, 1.807) is 24.3 Å². The average Bonchev–Trinajstić information content (AvgIpc) is 3.60. The number of nitriles is 1. The first-order valence-electron chi connectivity index (χ1n) is 12.1. The van der Waals surface area contributed by atoms with Gasteiger partial charge < -0.3 is 14.4 Å². The van der Waals surface area contributed by atoms with Crippen molar-refractivity contribution < 1.29 is 18.8 Å². The van der Waals surface area contributed by atoms with Gasteiger partial charge in [-0.25, -0.2) is 4.39 Å². The molecule has 5 nitrogen and oxygen atoms in total. The summed E-state index contributed by atoms with van der Waals surface area (Å²) in [6, 6.07) is 11.5. The molecule has 1 heterocycles. The maximum absolute atomic E-state index is 14.9. The lowest BCUT2D eigenvalue weighted by Gasteiger charge is -2.41. The molecule has 2 aromatic carbocycles. The van der Waals surface area contributed by atoms with Crippen LogP contribution in [0.15, 0.2) is 52.6 Å². The molecule has 0 amide bonds. The molecule has 3 atom stereocenters. The molecule has 3 aromatic rings. The molecule has 2 bridgehead atoms. The molecule has 8 heteroatoms. The number of aromatic nitrogens is 1. The molecule has 184 valence electrons. The van der Waals surface area contributed by atoms with Crippen LogP contribution < -0.4 is 0 Å². The van der Waals surface area contributed by atoms with Crippen molar-refractivity contribution in [1.29, 1.82) is 5.26 Å². The van der Waals surface area contributed by atoms with E-state index < -0.39 is 11.4 Å². The van der Waals surface area contributed by atoms with E-state index in [4.69, 9.17) is 37.7 Å². The van der Waals surface area contributed by atoms with Gasteiger partial charge in [-0.1, -0.05) is 46.6 Å². The molecule has 0 unspecified atom stereocenters. The van der Waals surface area contributed by atoms with Crippen LogP contribution in [-0.2, 0) is 16.9 Å². The maximum atomic E-state index is 14.9. The van der Waals surface area contributed by atoms with Gasteiger partial charge in [0.05, 0.1) is 34.4 Å². The van der Waals surface area contributed by atoms with Crippen molar-refractivity contribution in [2.75, 3.05) is 0 Å². The minimum atomic E-state index is -1.38. The van der Waals surface area contributed by atoms with E-state index in [0.717, 1.165) is 29.7 Å². The Balaban J connectivity index is 1.24. The molecule has 0 spiro atoms. The molecule has 0 saturated heterocycles. The first kappa shape index (κ1) is 23.7. The van der Waals surface area contributed by atoms with Gasteiger partial charge in [-0.05, 0) is 61.9 Å². The molecular weight excluding hydrogens is 502 g/mol. The first-order chi connectivity index (χ1) is 17.4. The molecule has 36 heavy (non-hydrogen) atoms. The van der Waals surface area contributed by atoms with Crippen molar-refractivity contribution in [3.05, 3.63) is 86.4 Å². The fourth-order valence-corrected chi connectivity index (χ4v) is 6.26. The minimum Gasteiger partial charge on any atom is -0.380 e. The Bertz CT molecular complexity index is 1400. The SMILES string of the molecule is N#Cc1ccc([C@@]2(O)C3=CC[C@@H]2C[C@@H](OCc2c(-c4c(Cl)cccc4Cl)noc2C2CC2)C3)c(F)c1. The van der Waals surface area contributed by atoms with Crippen molar-refractivity contribution in [1.82, 2.24) is 5.16 Å². The highest BCUT2D eigenvalue weighted by molar-refractivity contribution is 6.39. The summed E-state index contributed by atoms with van der Waals surface area (Å²) in [7, 11) is 0. The summed E-state index contributed by atoms with van der Waals surface area (Å²) < 4.78 is 27.0. The highest BCUT2D eigenvalue weighted by Crippen LogP contribution is 2.53. The first-order valence-corrected chi connectivity index (χ1v) is 12.8. The fourth-order valence-electron chi connectivity index (χ4n) is 5.69. The monoisotopic (exact) mass is 524 g/mol. The zero-order valence-electron chi connectivity index (χ0n) is 19.3. The number of allylic oxidation sites excluding steroid dienone is 1. The number of ether oxygens (including phenoxy) is 1. The summed E-state index contributed by atoms with van der Waals surface area (Å²) in [5.74, 6) is 0.362. The van der Waals surface area contributed by atoms with Gasteiger partial charge >= 0.3 is 0 Å². The summed E-state index contributed by atoms with van der Waals surface area (Å²) in [5, 5.41) is 26.0. The quantitative estimate of drug-likeness (QED) is 0.349. The van der Waals surface area contributed by atoms with Crippen LogP contribution in [0.4, 0.5) is 4.39 Å². The molecule has 0 radical (unpaired) electrons. The fraction of sp³-hybridized carbons (Fsp3) is 0.357. The van der Waals surface area contributed by atoms with Gasteiger partial charge in [-0.15, -0.1) is 0 Å². The van der Waals surface area contributed by atoms with Crippen molar-refractivity contribution in [3.63, 3.8) is 0 Å². The number of nitrogens with zero attached hydrogens (tertiary/aromatic N) is 2. The molecule has 3 aliphatic rings. The van der Waals surface area contributed by atoms with Crippen molar-refractivity contribution in [2.24, 2.45) is 5.92 Å². The maximum Gasteiger partial charge on any atom is 0.145 e. The Morgan fingerprint density at radius 1 is 1.22 bits per heavy atom. The van der Waals surface area contributed by atoms with E-state index in [1.807, 2.05) is 12.1 Å². The lowest BCUT2D eigenvalue weighted by molar-refractivity contribution is -0.0591. The number of hydrogen-bond donors (Lipinski definition) is 1. The summed E-state index contributed by atoms with van der Waals surface area (Å²) in [4.78, 5) is 0. The Morgan fingerprint density at radius 2 is 2.00 bits per heavy atom. The van der Waals surface area contributed by atoms with Crippen LogP contribution in [0.3, 0.4) is 0 Å². The molecule has 2 saturated carbocycles. The Hall–Kier alpha value is -2.69. The van der Waals surface area contributed by atoms with Crippen LogP contribution in [0.2, 0.25) is 10.0 Å². The van der Waals surface area contributed by atoms with Crippen LogP contribution in [-0.4, -0.2) is 16.4 Å². The third-order valence-electron chi connectivity index (χ3n) is 7.66. The number of fused-ring (bicyclic) bond motifs is 2. The van der Waals surface area contributed by atoms with Crippen LogP contribution in [0.25, 0.3) is 11.3 Å². The van der Waals surface area contributed by atoms with Crippen LogP contribution >= 0.6 is 23.2 Å². The van der Waals surface area contributed by atoms with Crippen LogP contribution in [0.5, 0.6) is 0 Å². The third kappa shape index (κ3) is 3.86. The number of benzene rings is 2. The van der Waals surface area contributed by atoms with E-state index in [2.05, 4.69) is 5.16 Å². The number of halogens is 3. The minimum absolute atomic E-state index is 0.151. The second kappa shape index (κ2) is 9.00. The van der Waals surface area contributed by atoms with Gasteiger partial charge in [0, 0.05) is 28.5 Å². The molecule has 2 fully saturated rings. The van der Waals surface area contributed by atoms with E-state index in [9.17, 15) is 9.50 Å². The zero-order chi connectivity index (χ0) is 25.0. The second-order valence-corrected chi connectivity index (χ2v) is 10.7. The predicted octanol–water partition coefficient (Wildman–Crippen LogP) is 7.05. The molecular formula is C28H23Cl2FN2O3. The molecule has 0 aliphatic heterocycles. The molecule has 3 aliphatic carbocycles. The van der Waals surface area contributed by atoms with Gasteiger partial charge in [-0.2, -0.15) is 5.26 Å². The van der Waals surface area contributed by atoms with Gasteiger partial charge in [0.25, 0.3) is 0 Å². The second-order valence-electron chi connectivity index (χ2n) is 9.85. The van der Waals surface area contributed by atoms with Crippen molar-refractivity contribution in [2.45, 2.75) is 56.3 Å². The largest absolute Gasteiger partial charge is 0.380 e. The van der Waals surface area contributed by atoms with Crippen LogP contribution in [0.1, 0.15) is 60.5 Å². The Morgan fingerprint density at radius 3 is 2.67 bits per heavy atom. The summed E-state index contributed by atoms with van der Waals surface area (Å²) in [6.07, 6.45) is 5.63. The van der Waals surface area contributed by atoms with E-state index in [0.29, 0.717) is 46.5 Å². The summed E-state index contributed by atoms with van der Waals surface area (Å²) in [5.41, 5.74) is 1.91. The zero-order valence-corrected chi connectivity index (χ0v) is 20.8. The van der Waals surface area contributed by atoms with Gasteiger partial charge in [0.1, 0.15) is 22.9 Å². The number of aliphatic hydroxyl groups is 1. The van der Waals surface area contributed by atoms with Gasteiger partial charge in [-0.3, -0.25) is 0 Å². The van der Waals surface area contributed by atoms with Crippen molar-refractivity contribution >= 4 is 23.2 Å². The van der Waals surface area contributed by atoms with Crippen molar-refractivity contribution in [3.8, 4) is 17.3 Å². The lowest BCUT2D eigenvalue weighted by atomic mass is 9.71. The normalized spacial score (nSPS) is 25.0. The lowest BCUT2D eigenvalue weighted by Crippen LogP contribution is -2.42. The molecule has 1 aromatic heterocycles. The highest BCUT2D eigenvalue weighted by Gasteiger charge is 2.51. The van der Waals surface area contributed by atoms with E-state index in [-0.39, 0.29) is 29.8 Å². The Kier molecular flexibility index (Phi) is 5.93. The van der Waals surface area contributed by atoms with E-state index in [1.165, 1.54) is 12.1 Å². The summed E-state index contributed by atoms with van der Waals surface area (Å²) in [6.45, 7) is 0.278. The highest BCUT2D eigenvalue weighted by atomic mass is 35.5. The van der Waals surface area contributed by atoms with E-state index >= 15 is 0 Å². The molecule has 1 N–H and O–H groups in total. The van der Waals surface area contributed by atoms with Gasteiger partial charge in [0.2, 0.25) is 0 Å². The topological polar surface area (TPSA) is 79.3 Å². The number of hydrogen-bond acceptors (Lipinski definition) is 5. The standard InChI is InChI=1S/C28H23Cl2FN2O3/c29-22-2-1-3-23(30)25(22)26-20(27(36-33-26)16-5-6-16)14-35-19-11-17-7-8-18(12-19)28(17,34)21-9-4-15(13-32)10-24(21)31/h1-4,7,9-10,16,18-19,34H,5-6,8,11-12,14H2/t18-,19+,28-/m1/s1. The van der Waals surface area contributed by atoms with Gasteiger partial charge in [0.15, 0.2) is 0 Å². The summed E-state index contributed by atoms with van der Waals surface area (Å²) >= 11 is 12.9. The Labute approximate surface area is 218 Å². The van der Waals surface area contributed by atoms with Crippen LogP contribution in [0, 0.1) is 23.1 Å². The average molecular weight is 525 g/mol.